The van der Waals surface area contributed by atoms with Crippen molar-refractivity contribution in [2.75, 3.05) is 9.80 Å². The summed E-state index contributed by atoms with van der Waals surface area (Å²) in [5.41, 5.74) is 26.1. The van der Waals surface area contributed by atoms with Crippen LogP contribution >= 0.6 is 0 Å². The fraction of sp³-hybridized carbons (Fsp3) is 0.298. The Labute approximate surface area is 598 Å². The minimum Gasteiger partial charge on any atom is -0.311 e. The van der Waals surface area contributed by atoms with E-state index in [1.807, 2.05) is 6.07 Å². The molecular weight excluding hydrogens is 1180 g/mol. The SMILES string of the molecule is [2H]c1c([2H])c([2H])c2c(c1[2H])c1c([2H])c([2H])c([2H])c([2H])c1n2-c1ccc2c(c1)N(c1ccc(-c3cc(C(C)(C)C)cc(C(C)(C)C)c3)cc1)c1cc(-c3ccc(C(C)(C)C)cc3)cc3c1B2c1cc(-c2cc(C(C)(C)C)cc(C(C)(C)C)c2)ccc1N3c1ccc(-c2cc(C(C)(C)C)cc(C(C)(C)C)c2)cc1. The Morgan fingerprint density at radius 1 is 0.255 bits per heavy atom. The molecule has 0 unspecified atom stereocenters. The molecule has 0 aliphatic carbocycles. The molecule has 3 nitrogen and oxygen atoms in total. The van der Waals surface area contributed by atoms with E-state index in [4.69, 9.17) is 2.74 Å². The summed E-state index contributed by atoms with van der Waals surface area (Å²) in [6.07, 6.45) is 0. The first-order valence-electron chi connectivity index (χ1n) is 39.2. The highest BCUT2D eigenvalue weighted by Crippen LogP contribution is 2.49. The topological polar surface area (TPSA) is 11.4 Å². The minimum atomic E-state index is -0.485. The molecule has 0 amide bonds. The largest absolute Gasteiger partial charge is 0.311 e. The Morgan fingerprint density at radius 2 is 0.582 bits per heavy atom. The van der Waals surface area contributed by atoms with Crippen LogP contribution in [-0.4, -0.2) is 11.3 Å². The molecule has 3 heterocycles. The minimum absolute atomic E-state index is 0.0283. The van der Waals surface area contributed by atoms with E-state index < -0.39 is 30.9 Å². The van der Waals surface area contributed by atoms with Gasteiger partial charge in [-0.05, 0) is 204 Å². The van der Waals surface area contributed by atoms with E-state index >= 15 is 0 Å². The number of rotatable bonds is 7. The predicted molar refractivity (Wildman–Crippen MR) is 427 cm³/mol. The van der Waals surface area contributed by atoms with Crippen molar-refractivity contribution in [2.45, 2.75) is 183 Å². The molecule has 2 aliphatic rings. The molecule has 0 saturated heterocycles. The van der Waals surface area contributed by atoms with Crippen LogP contribution < -0.4 is 26.2 Å². The standard InChI is InChI=1S/C94H100BN3/c1-88(2,3)67-37-30-59(31-38-67)66-53-85-87-86(54-66)97(75-41-34-61(35-42-75)64-48-70(91(10,11)12)56-71(49-64)92(13,14)15)84-58-76(98-81-28-24-22-26-77(81)78-27-23-25-29-82(78)98)43-44-79(84)95(87)80-52-62(65-50-72(93(16,17)18)57-73(51-65)94(19,20)21)36-45-83(80)96(85)74-39-32-60(33-40-74)63-46-68(89(4,5)6)55-69(47-63)90(7,8)9/h22-58H,1-21H3/i22D,23D,24D,25D,26D,27D,28D,29D. The number of para-hydroxylation sites is 2. The van der Waals surface area contributed by atoms with Crippen LogP contribution in [0.15, 0.2) is 224 Å². The van der Waals surface area contributed by atoms with E-state index in [1.54, 1.807) is 4.57 Å². The quantitative estimate of drug-likeness (QED) is 0.147. The van der Waals surface area contributed by atoms with Crippen molar-refractivity contribution in [2.24, 2.45) is 0 Å². The zero-order valence-electron chi connectivity index (χ0n) is 69.7. The van der Waals surface area contributed by atoms with Crippen LogP contribution in [-0.2, 0) is 37.9 Å². The van der Waals surface area contributed by atoms with E-state index in [0.717, 1.165) is 89.5 Å². The molecule has 0 atom stereocenters. The highest BCUT2D eigenvalue weighted by atomic mass is 15.2. The molecule has 1 aromatic heterocycles. The molecule has 12 aromatic rings. The van der Waals surface area contributed by atoms with Crippen LogP contribution in [0.25, 0.3) is 72.0 Å². The summed E-state index contributed by atoms with van der Waals surface area (Å²) in [6.45, 7) is 47.4. The maximum absolute atomic E-state index is 9.72. The molecule has 98 heavy (non-hydrogen) atoms. The molecule has 0 radical (unpaired) electrons. The van der Waals surface area contributed by atoms with Crippen molar-refractivity contribution in [1.29, 1.82) is 0 Å². The zero-order valence-corrected chi connectivity index (χ0v) is 61.7. The molecule has 494 valence electrons. The molecule has 4 heteroatoms. The number of hydrogen-bond donors (Lipinski definition) is 0. The van der Waals surface area contributed by atoms with Crippen LogP contribution in [0.2, 0.25) is 0 Å². The molecule has 14 rings (SSSR count). The summed E-state index contributed by atoms with van der Waals surface area (Å²) >= 11 is 0. The third kappa shape index (κ3) is 12.0. The molecule has 0 N–H and O–H groups in total. The molecular formula is C94H100BN3. The van der Waals surface area contributed by atoms with Gasteiger partial charge in [0, 0.05) is 50.6 Å². The number of fused-ring (bicyclic) bond motifs is 7. The van der Waals surface area contributed by atoms with E-state index in [0.29, 0.717) is 5.69 Å². The van der Waals surface area contributed by atoms with Crippen molar-refractivity contribution in [3.8, 4) is 50.2 Å². The van der Waals surface area contributed by atoms with Gasteiger partial charge in [-0.1, -0.05) is 303 Å². The number of nitrogens with zero attached hydrogens (tertiary/aromatic N) is 3. The van der Waals surface area contributed by atoms with Crippen molar-refractivity contribution in [3.05, 3.63) is 263 Å². The van der Waals surface area contributed by atoms with Crippen LogP contribution in [0.5, 0.6) is 0 Å². The van der Waals surface area contributed by atoms with E-state index in [-0.39, 0.29) is 83.9 Å². The highest BCUT2D eigenvalue weighted by Gasteiger charge is 2.44. The summed E-state index contributed by atoms with van der Waals surface area (Å²) in [5, 5.41) is 0.0565. The number of benzene rings is 11. The molecule has 0 bridgehead atoms. The monoisotopic (exact) mass is 1290 g/mol. The zero-order chi connectivity index (χ0) is 76.7. The lowest BCUT2D eigenvalue weighted by Crippen LogP contribution is -2.61. The lowest BCUT2D eigenvalue weighted by atomic mass is 9.33. The van der Waals surface area contributed by atoms with Crippen molar-refractivity contribution >= 4 is 79.0 Å². The highest BCUT2D eigenvalue weighted by molar-refractivity contribution is 7.00. The third-order valence-corrected chi connectivity index (χ3v) is 20.7. The molecule has 11 aromatic carbocycles. The maximum Gasteiger partial charge on any atom is 0.252 e. The Bertz CT molecular complexity index is 5420. The number of anilines is 6. The van der Waals surface area contributed by atoms with E-state index in [2.05, 4.69) is 325 Å². The van der Waals surface area contributed by atoms with Crippen LogP contribution in [0, 0.1) is 0 Å². The van der Waals surface area contributed by atoms with Gasteiger partial charge in [-0.25, -0.2) is 0 Å². The maximum atomic E-state index is 9.72. The molecule has 0 fully saturated rings. The first kappa shape index (κ1) is 56.9. The van der Waals surface area contributed by atoms with Gasteiger partial charge in [0.1, 0.15) is 0 Å². The normalized spacial score (nSPS) is 14.8. The molecule has 2 aliphatic heterocycles. The van der Waals surface area contributed by atoms with Crippen molar-refractivity contribution in [3.63, 3.8) is 0 Å². The van der Waals surface area contributed by atoms with E-state index in [1.165, 1.54) is 44.5 Å². The first-order chi connectivity index (χ1) is 49.3. The Hall–Kier alpha value is -9.12. The first-order valence-corrected chi connectivity index (χ1v) is 35.2. The van der Waals surface area contributed by atoms with Gasteiger partial charge in [-0.15, -0.1) is 0 Å². The molecule has 0 saturated carbocycles. The number of aromatic nitrogens is 1. The fourth-order valence-electron chi connectivity index (χ4n) is 14.5. The van der Waals surface area contributed by atoms with E-state index in [9.17, 15) is 8.22 Å². The summed E-state index contributed by atoms with van der Waals surface area (Å²) in [7, 11) is 0. The summed E-state index contributed by atoms with van der Waals surface area (Å²) in [6, 6.07) is 63.0. The van der Waals surface area contributed by atoms with Crippen molar-refractivity contribution < 1.29 is 11.0 Å². The Kier molecular flexibility index (Phi) is 13.5. The van der Waals surface area contributed by atoms with Gasteiger partial charge in [-0.3, -0.25) is 0 Å². The third-order valence-electron chi connectivity index (χ3n) is 20.7. The number of hydrogen-bond acceptors (Lipinski definition) is 2. The van der Waals surface area contributed by atoms with Gasteiger partial charge in [0.15, 0.2) is 0 Å². The van der Waals surface area contributed by atoms with Gasteiger partial charge in [0.2, 0.25) is 0 Å². The summed E-state index contributed by atoms with van der Waals surface area (Å²) < 4.78 is 76.3. The Balaban J connectivity index is 1.11. The lowest BCUT2D eigenvalue weighted by Gasteiger charge is -2.44. The van der Waals surface area contributed by atoms with Crippen LogP contribution in [0.3, 0.4) is 0 Å². The molecule has 0 spiro atoms. The van der Waals surface area contributed by atoms with Crippen molar-refractivity contribution in [1.82, 2.24) is 4.57 Å². The van der Waals surface area contributed by atoms with Crippen LogP contribution in [0.4, 0.5) is 34.1 Å². The average molecular weight is 1290 g/mol. The summed E-state index contributed by atoms with van der Waals surface area (Å²) in [5.74, 6) is 0. The van der Waals surface area contributed by atoms with Crippen LogP contribution in [0.1, 0.15) is 195 Å². The lowest BCUT2D eigenvalue weighted by molar-refractivity contribution is 0.568. The van der Waals surface area contributed by atoms with Gasteiger partial charge in [0.05, 0.1) is 22.0 Å². The summed E-state index contributed by atoms with van der Waals surface area (Å²) in [4.78, 5) is 4.85. The second-order valence-electron chi connectivity index (χ2n) is 35.1. The average Bonchev–Trinajstić information content (AvgIpc) is 0.995. The second-order valence-corrected chi connectivity index (χ2v) is 35.1. The second kappa shape index (κ2) is 23.3. The Morgan fingerprint density at radius 3 is 0.969 bits per heavy atom. The fourth-order valence-corrected chi connectivity index (χ4v) is 14.5. The predicted octanol–water partition coefficient (Wildman–Crippen LogP) is 24.6. The smallest absolute Gasteiger partial charge is 0.252 e. The van der Waals surface area contributed by atoms with Gasteiger partial charge >= 0.3 is 0 Å². The van der Waals surface area contributed by atoms with Gasteiger partial charge < -0.3 is 14.4 Å². The van der Waals surface area contributed by atoms with Gasteiger partial charge in [-0.2, -0.15) is 0 Å². The van der Waals surface area contributed by atoms with Gasteiger partial charge in [0.25, 0.3) is 6.71 Å².